The van der Waals surface area contributed by atoms with Crippen LogP contribution < -0.4 is 10.2 Å². The first kappa shape index (κ1) is 17.9. The van der Waals surface area contributed by atoms with Crippen molar-refractivity contribution in [1.82, 2.24) is 4.98 Å². The third-order valence-corrected chi connectivity index (χ3v) is 5.34. The minimum absolute atomic E-state index is 0.0804. The van der Waals surface area contributed by atoms with Crippen LogP contribution >= 0.6 is 22.7 Å². The average Bonchev–Trinajstić information content (AvgIpc) is 3.05. The summed E-state index contributed by atoms with van der Waals surface area (Å²) in [6, 6.07) is 0. The molecule has 2 heterocycles. The molecule has 0 aliphatic carbocycles. The Morgan fingerprint density at radius 3 is 2.12 bits per heavy atom. The Balaban J connectivity index is 2.47. The predicted molar refractivity (Wildman–Crippen MR) is 89.4 cm³/mol. The zero-order valence-corrected chi connectivity index (χ0v) is 14.9. The molecule has 10 heteroatoms. The quantitative estimate of drug-likeness (QED) is 0.795. The van der Waals surface area contributed by atoms with Gasteiger partial charge < -0.3 is 19.8 Å². The molecule has 0 fully saturated rings. The Hall–Kier alpha value is -2.46. The van der Waals surface area contributed by atoms with E-state index in [4.69, 9.17) is 4.74 Å². The van der Waals surface area contributed by atoms with Crippen LogP contribution in [0.1, 0.15) is 41.0 Å². The van der Waals surface area contributed by atoms with Crippen LogP contribution in [0, 0.1) is 13.8 Å². The summed E-state index contributed by atoms with van der Waals surface area (Å²) in [6.45, 7) is 3.15. The van der Waals surface area contributed by atoms with E-state index in [-0.39, 0.29) is 25.2 Å². The standard InChI is InChI=1S/C14H14N2O6S2/c1-5-7(12(18)21-3)11(23-8(5)13(19)22-4)16-10(17)9-6(2)15-14(20)24-9/h1-4H3,(H,15,20)(H,16,17). The van der Waals surface area contributed by atoms with Crippen LogP contribution in [0.4, 0.5) is 5.00 Å². The maximum Gasteiger partial charge on any atom is 0.348 e. The van der Waals surface area contributed by atoms with Crippen molar-refractivity contribution in [3.63, 3.8) is 0 Å². The van der Waals surface area contributed by atoms with E-state index < -0.39 is 17.8 Å². The number of methoxy groups -OCH3 is 2. The largest absolute Gasteiger partial charge is 0.465 e. The zero-order chi connectivity index (χ0) is 18.0. The van der Waals surface area contributed by atoms with Crippen LogP contribution in [0.15, 0.2) is 4.79 Å². The summed E-state index contributed by atoms with van der Waals surface area (Å²) in [5.41, 5.74) is 0.855. The maximum absolute atomic E-state index is 12.4. The Morgan fingerprint density at radius 2 is 1.62 bits per heavy atom. The minimum atomic E-state index is -0.687. The summed E-state index contributed by atoms with van der Waals surface area (Å²) in [4.78, 5) is 50.0. The lowest BCUT2D eigenvalue weighted by atomic mass is 10.1. The molecule has 24 heavy (non-hydrogen) atoms. The minimum Gasteiger partial charge on any atom is -0.465 e. The highest BCUT2D eigenvalue weighted by Gasteiger charge is 2.27. The molecular formula is C14H14N2O6S2. The first-order valence-corrected chi connectivity index (χ1v) is 8.24. The van der Waals surface area contributed by atoms with Crippen molar-refractivity contribution in [3.05, 3.63) is 36.2 Å². The number of amides is 1. The van der Waals surface area contributed by atoms with Crippen molar-refractivity contribution in [2.24, 2.45) is 0 Å². The normalized spacial score (nSPS) is 10.3. The Labute approximate surface area is 144 Å². The van der Waals surface area contributed by atoms with Gasteiger partial charge in [-0.15, -0.1) is 11.3 Å². The molecule has 8 nitrogen and oxygen atoms in total. The van der Waals surface area contributed by atoms with Crippen molar-refractivity contribution in [1.29, 1.82) is 0 Å². The van der Waals surface area contributed by atoms with E-state index in [2.05, 4.69) is 15.0 Å². The lowest BCUT2D eigenvalue weighted by Gasteiger charge is -2.05. The average molecular weight is 370 g/mol. The second kappa shape index (κ2) is 6.97. The predicted octanol–water partition coefficient (Wildman–Crippen LogP) is 1.94. The van der Waals surface area contributed by atoms with E-state index in [0.717, 1.165) is 22.7 Å². The third-order valence-electron chi connectivity index (χ3n) is 3.17. The number of hydrogen-bond donors (Lipinski definition) is 2. The van der Waals surface area contributed by atoms with Gasteiger partial charge in [-0.2, -0.15) is 0 Å². The van der Waals surface area contributed by atoms with Crippen molar-refractivity contribution < 1.29 is 23.9 Å². The molecule has 0 spiro atoms. The van der Waals surface area contributed by atoms with Gasteiger partial charge in [-0.25, -0.2) is 9.59 Å². The third kappa shape index (κ3) is 3.24. The monoisotopic (exact) mass is 370 g/mol. The van der Waals surface area contributed by atoms with E-state index in [0.29, 0.717) is 11.3 Å². The molecule has 0 unspecified atom stereocenters. The maximum atomic E-state index is 12.4. The SMILES string of the molecule is COC(=O)c1sc(NC(=O)c2sc(=O)[nH]c2C)c(C(=O)OC)c1C. The van der Waals surface area contributed by atoms with Crippen LogP contribution in [0.3, 0.4) is 0 Å². The molecule has 0 radical (unpaired) electrons. The molecule has 2 aromatic heterocycles. The summed E-state index contributed by atoms with van der Waals surface area (Å²) in [7, 11) is 2.42. The number of aromatic nitrogens is 1. The molecule has 1 amide bonds. The lowest BCUT2D eigenvalue weighted by Crippen LogP contribution is -2.14. The number of thiazole rings is 1. The summed E-state index contributed by atoms with van der Waals surface area (Å²) < 4.78 is 9.38. The fourth-order valence-corrected chi connectivity index (χ4v) is 3.86. The van der Waals surface area contributed by atoms with Gasteiger partial charge in [0.2, 0.25) is 0 Å². The highest BCUT2D eigenvalue weighted by Crippen LogP contribution is 2.34. The van der Waals surface area contributed by atoms with Gasteiger partial charge in [-0.05, 0) is 19.4 Å². The summed E-state index contributed by atoms with van der Waals surface area (Å²) in [5.74, 6) is -1.86. The number of carbonyl (C=O) groups is 3. The van der Waals surface area contributed by atoms with Crippen molar-refractivity contribution in [3.8, 4) is 0 Å². The van der Waals surface area contributed by atoms with Gasteiger partial charge >= 0.3 is 16.8 Å². The van der Waals surface area contributed by atoms with Gasteiger partial charge in [0.25, 0.3) is 5.91 Å². The van der Waals surface area contributed by atoms with Gasteiger partial charge in [-0.1, -0.05) is 11.3 Å². The van der Waals surface area contributed by atoms with Gasteiger partial charge in [0, 0.05) is 5.69 Å². The van der Waals surface area contributed by atoms with Crippen LogP contribution in [-0.4, -0.2) is 37.0 Å². The number of aromatic amines is 1. The fourth-order valence-electron chi connectivity index (χ4n) is 2.02. The first-order chi connectivity index (χ1) is 11.3. The lowest BCUT2D eigenvalue weighted by molar-refractivity contribution is 0.0601. The summed E-state index contributed by atoms with van der Waals surface area (Å²) in [6.07, 6.45) is 0. The van der Waals surface area contributed by atoms with Crippen molar-refractivity contribution in [2.45, 2.75) is 13.8 Å². The number of H-pyrrole nitrogens is 1. The highest BCUT2D eigenvalue weighted by atomic mass is 32.1. The summed E-state index contributed by atoms with van der Waals surface area (Å²) in [5, 5.41) is 2.72. The molecule has 128 valence electrons. The van der Waals surface area contributed by atoms with E-state index in [1.807, 2.05) is 0 Å². The number of thiophene rings is 1. The molecule has 0 saturated carbocycles. The molecule has 0 aliphatic heterocycles. The number of esters is 2. The Kier molecular flexibility index (Phi) is 5.20. The van der Waals surface area contributed by atoms with E-state index in [9.17, 15) is 19.2 Å². The van der Waals surface area contributed by atoms with Crippen LogP contribution in [0.25, 0.3) is 0 Å². The van der Waals surface area contributed by atoms with Crippen molar-refractivity contribution >= 4 is 45.5 Å². The van der Waals surface area contributed by atoms with Crippen LogP contribution in [0.2, 0.25) is 0 Å². The molecular weight excluding hydrogens is 356 g/mol. The Morgan fingerprint density at radius 1 is 1.00 bits per heavy atom. The fraction of sp³-hybridized carbons (Fsp3) is 0.286. The van der Waals surface area contributed by atoms with Crippen molar-refractivity contribution in [2.75, 3.05) is 19.5 Å². The van der Waals surface area contributed by atoms with Gasteiger partial charge in [0.15, 0.2) is 0 Å². The first-order valence-electron chi connectivity index (χ1n) is 6.61. The molecule has 2 rings (SSSR count). The van der Waals surface area contributed by atoms with Crippen LogP contribution in [-0.2, 0) is 9.47 Å². The zero-order valence-electron chi connectivity index (χ0n) is 13.3. The Bertz CT molecular complexity index is 876. The number of nitrogens with one attached hydrogen (secondary N) is 2. The molecule has 0 bridgehead atoms. The summed E-state index contributed by atoms with van der Waals surface area (Å²) >= 11 is 1.66. The van der Waals surface area contributed by atoms with Crippen LogP contribution in [0.5, 0.6) is 0 Å². The number of hydrogen-bond acceptors (Lipinski definition) is 8. The van der Waals surface area contributed by atoms with E-state index in [1.165, 1.54) is 14.2 Å². The highest BCUT2D eigenvalue weighted by molar-refractivity contribution is 7.19. The molecule has 0 atom stereocenters. The molecule has 0 aromatic carbocycles. The van der Waals surface area contributed by atoms with E-state index >= 15 is 0 Å². The number of rotatable bonds is 4. The molecule has 0 saturated heterocycles. The molecule has 0 aliphatic rings. The second-order valence-corrected chi connectivity index (χ2v) is 6.67. The second-order valence-electron chi connectivity index (χ2n) is 4.67. The van der Waals surface area contributed by atoms with Gasteiger partial charge in [0.1, 0.15) is 14.8 Å². The van der Waals surface area contributed by atoms with E-state index in [1.54, 1.807) is 13.8 Å². The number of ether oxygens (including phenoxy) is 2. The van der Waals surface area contributed by atoms with Gasteiger partial charge in [-0.3, -0.25) is 9.59 Å². The number of carbonyl (C=O) groups excluding carboxylic acids is 3. The number of aryl methyl sites for hydroxylation is 1. The molecule has 2 N–H and O–H groups in total. The molecule has 2 aromatic rings. The smallest absolute Gasteiger partial charge is 0.348 e. The topological polar surface area (TPSA) is 115 Å². The van der Waals surface area contributed by atoms with Gasteiger partial charge in [0.05, 0.1) is 19.8 Å². The number of anilines is 1.